The van der Waals surface area contributed by atoms with E-state index in [-0.39, 0.29) is 34.5 Å². The van der Waals surface area contributed by atoms with Gasteiger partial charge in [0.1, 0.15) is 10.6 Å². The van der Waals surface area contributed by atoms with Crippen molar-refractivity contribution in [2.45, 2.75) is 6.92 Å². The number of para-hydroxylation sites is 1. The number of carbonyl (C=O) groups is 1. The van der Waals surface area contributed by atoms with Crippen LogP contribution >= 0.6 is 43.5 Å². The van der Waals surface area contributed by atoms with E-state index in [4.69, 9.17) is 36.2 Å². The first-order valence-corrected chi connectivity index (χ1v) is 13.5. The average Bonchev–Trinajstić information content (AvgIpc) is 3.33. The normalized spacial score (nSPS) is 11.5. The Hall–Kier alpha value is -3.67. The predicted molar refractivity (Wildman–Crippen MR) is 157 cm³/mol. The summed E-state index contributed by atoms with van der Waals surface area (Å²) in [4.78, 5) is 29.5. The standard InChI is InChI=1S/C27H19Br2ClN4O5/c1-2-37-20-11-15(23(29)24(30)25(20)38-13-22(31)35)12-32-34-26(33-18-6-4-3-5-17(18)27(34)36)21-10-14-9-16(28)7-8-19(14)39-21/h3-12H,2,13H2,1H3,(H2,31,35). The maximum Gasteiger partial charge on any atom is 0.282 e. The van der Waals surface area contributed by atoms with Gasteiger partial charge < -0.3 is 19.6 Å². The molecule has 0 unspecified atom stereocenters. The summed E-state index contributed by atoms with van der Waals surface area (Å²) in [5.41, 5.74) is 6.44. The van der Waals surface area contributed by atoms with Crippen molar-refractivity contribution in [1.29, 1.82) is 0 Å². The zero-order valence-electron chi connectivity index (χ0n) is 20.3. The Bertz CT molecular complexity index is 1830. The van der Waals surface area contributed by atoms with Crippen molar-refractivity contribution < 1.29 is 18.7 Å². The highest BCUT2D eigenvalue weighted by Gasteiger charge is 2.20. The molecule has 198 valence electrons. The number of halogens is 3. The summed E-state index contributed by atoms with van der Waals surface area (Å²) in [6.07, 6.45) is 1.44. The smallest absolute Gasteiger partial charge is 0.282 e. The first kappa shape index (κ1) is 26.9. The Morgan fingerprint density at radius 2 is 1.97 bits per heavy atom. The van der Waals surface area contributed by atoms with Crippen LogP contribution in [-0.2, 0) is 4.79 Å². The van der Waals surface area contributed by atoms with E-state index < -0.39 is 5.91 Å². The largest absolute Gasteiger partial charge is 0.490 e. The summed E-state index contributed by atoms with van der Waals surface area (Å²) in [6, 6.07) is 16.0. The molecule has 0 radical (unpaired) electrons. The van der Waals surface area contributed by atoms with Gasteiger partial charge in [0.05, 0.1) is 23.7 Å². The highest BCUT2D eigenvalue weighted by atomic mass is 79.9. The van der Waals surface area contributed by atoms with Crippen LogP contribution in [0.15, 0.2) is 77.9 Å². The minimum Gasteiger partial charge on any atom is -0.490 e. The molecule has 2 N–H and O–H groups in total. The molecule has 0 aliphatic rings. The lowest BCUT2D eigenvalue weighted by molar-refractivity contribution is -0.119. The zero-order valence-corrected chi connectivity index (χ0v) is 24.2. The molecule has 3 aromatic carbocycles. The van der Waals surface area contributed by atoms with Crippen molar-refractivity contribution in [2.75, 3.05) is 13.2 Å². The SMILES string of the molecule is CCOc1cc(C=Nn2c(-c3cc4cc(Br)ccc4o3)nc3ccccc3c2=O)c(Br)c(Cl)c1OCC(N)=O. The van der Waals surface area contributed by atoms with Crippen molar-refractivity contribution >= 4 is 77.5 Å². The molecule has 0 fully saturated rings. The third kappa shape index (κ3) is 5.42. The fourth-order valence-corrected chi connectivity index (χ4v) is 4.91. The summed E-state index contributed by atoms with van der Waals surface area (Å²) in [7, 11) is 0. The Morgan fingerprint density at radius 1 is 1.18 bits per heavy atom. The minimum absolute atomic E-state index is 0.149. The predicted octanol–water partition coefficient (Wildman–Crippen LogP) is 6.13. The molecular formula is C27H19Br2ClN4O5. The van der Waals surface area contributed by atoms with E-state index in [1.165, 1.54) is 10.9 Å². The number of rotatable bonds is 8. The number of nitrogens with zero attached hydrogens (tertiary/aromatic N) is 3. The number of aromatic nitrogens is 2. The second-order valence-electron chi connectivity index (χ2n) is 8.22. The van der Waals surface area contributed by atoms with E-state index in [0.29, 0.717) is 38.9 Å². The van der Waals surface area contributed by atoms with E-state index >= 15 is 0 Å². The summed E-state index contributed by atoms with van der Waals surface area (Å²) < 4.78 is 19.7. The van der Waals surface area contributed by atoms with Crippen molar-refractivity contribution in [1.82, 2.24) is 9.66 Å². The van der Waals surface area contributed by atoms with Gasteiger partial charge in [-0.25, -0.2) is 4.98 Å². The van der Waals surface area contributed by atoms with Crippen molar-refractivity contribution in [3.8, 4) is 23.1 Å². The van der Waals surface area contributed by atoms with Crippen LogP contribution in [0.5, 0.6) is 11.5 Å². The van der Waals surface area contributed by atoms with Gasteiger partial charge in [0.15, 0.2) is 23.9 Å². The second kappa shape index (κ2) is 11.2. The number of nitrogens with two attached hydrogens (primary N) is 1. The maximum atomic E-state index is 13.6. The number of amides is 1. The monoisotopic (exact) mass is 672 g/mol. The molecule has 0 saturated heterocycles. The van der Waals surface area contributed by atoms with Gasteiger partial charge >= 0.3 is 0 Å². The molecule has 2 aromatic heterocycles. The van der Waals surface area contributed by atoms with Gasteiger partial charge in [0.25, 0.3) is 11.5 Å². The lowest BCUT2D eigenvalue weighted by atomic mass is 10.2. The van der Waals surface area contributed by atoms with E-state index in [9.17, 15) is 9.59 Å². The van der Waals surface area contributed by atoms with E-state index in [2.05, 4.69) is 37.0 Å². The molecule has 5 aromatic rings. The van der Waals surface area contributed by atoms with E-state index in [0.717, 1.165) is 9.86 Å². The van der Waals surface area contributed by atoms with Crippen molar-refractivity contribution in [3.05, 3.63) is 84.5 Å². The molecule has 39 heavy (non-hydrogen) atoms. The van der Waals surface area contributed by atoms with Crippen LogP contribution in [0.1, 0.15) is 12.5 Å². The Balaban J connectivity index is 1.67. The molecule has 0 aliphatic carbocycles. The number of hydrogen-bond donors (Lipinski definition) is 1. The summed E-state index contributed by atoms with van der Waals surface area (Å²) >= 11 is 13.4. The molecule has 5 rings (SSSR count). The minimum atomic E-state index is -0.663. The van der Waals surface area contributed by atoms with Crippen LogP contribution in [-0.4, -0.2) is 35.0 Å². The quantitative estimate of drug-likeness (QED) is 0.198. The molecule has 0 saturated carbocycles. The summed E-state index contributed by atoms with van der Waals surface area (Å²) in [5.74, 6) is 0.353. The zero-order chi connectivity index (χ0) is 27.7. The first-order valence-electron chi connectivity index (χ1n) is 11.6. The number of carbonyl (C=O) groups excluding carboxylic acids is 1. The molecular weight excluding hydrogens is 656 g/mol. The van der Waals surface area contributed by atoms with Crippen LogP contribution in [0.3, 0.4) is 0 Å². The third-order valence-corrected chi connectivity index (χ3v) is 7.52. The van der Waals surface area contributed by atoms with Gasteiger partial charge in [0, 0.05) is 19.9 Å². The molecule has 0 spiro atoms. The van der Waals surface area contributed by atoms with Gasteiger partial charge in [-0.2, -0.15) is 9.78 Å². The topological polar surface area (TPSA) is 122 Å². The number of primary amides is 1. The number of ether oxygens (including phenoxy) is 2. The molecule has 0 atom stereocenters. The lowest BCUT2D eigenvalue weighted by Gasteiger charge is -2.15. The summed E-state index contributed by atoms with van der Waals surface area (Å²) in [5, 5.41) is 5.86. The number of fused-ring (bicyclic) bond motifs is 2. The fourth-order valence-electron chi connectivity index (χ4n) is 3.87. The van der Waals surface area contributed by atoms with Gasteiger partial charge in [-0.05, 0) is 65.3 Å². The molecule has 9 nitrogen and oxygen atoms in total. The van der Waals surface area contributed by atoms with Crippen LogP contribution in [0.4, 0.5) is 0 Å². The number of furan rings is 1. The molecule has 12 heteroatoms. The molecule has 1 amide bonds. The van der Waals surface area contributed by atoms with E-state index in [1.807, 2.05) is 18.2 Å². The van der Waals surface area contributed by atoms with Gasteiger partial charge in [0.2, 0.25) is 5.82 Å². The highest BCUT2D eigenvalue weighted by Crippen LogP contribution is 2.42. The summed E-state index contributed by atoms with van der Waals surface area (Å²) in [6.45, 7) is 1.72. The Labute approximate surface area is 243 Å². The van der Waals surface area contributed by atoms with E-state index in [1.54, 1.807) is 43.3 Å². The van der Waals surface area contributed by atoms with Gasteiger partial charge in [-0.1, -0.05) is 39.7 Å². The Morgan fingerprint density at radius 3 is 2.74 bits per heavy atom. The molecule has 2 heterocycles. The fraction of sp³-hybridized carbons (Fsp3) is 0.111. The lowest BCUT2D eigenvalue weighted by Crippen LogP contribution is -2.20. The first-order chi connectivity index (χ1) is 18.8. The van der Waals surface area contributed by atoms with Gasteiger partial charge in [-0.3, -0.25) is 9.59 Å². The van der Waals surface area contributed by atoms with Crippen LogP contribution in [0, 0.1) is 0 Å². The molecule has 0 bridgehead atoms. The third-order valence-electron chi connectivity index (χ3n) is 5.58. The van der Waals surface area contributed by atoms with Crippen LogP contribution in [0.2, 0.25) is 5.02 Å². The highest BCUT2D eigenvalue weighted by molar-refractivity contribution is 9.10. The van der Waals surface area contributed by atoms with Crippen molar-refractivity contribution in [2.24, 2.45) is 10.8 Å². The number of hydrogen-bond acceptors (Lipinski definition) is 7. The maximum absolute atomic E-state index is 13.6. The van der Waals surface area contributed by atoms with Crippen molar-refractivity contribution in [3.63, 3.8) is 0 Å². The average molecular weight is 675 g/mol. The van der Waals surface area contributed by atoms with Crippen LogP contribution in [0.25, 0.3) is 33.5 Å². The number of benzene rings is 3. The van der Waals surface area contributed by atoms with Crippen LogP contribution < -0.4 is 20.8 Å². The van der Waals surface area contributed by atoms with Gasteiger partial charge in [-0.15, -0.1) is 0 Å². The second-order valence-corrected chi connectivity index (χ2v) is 10.3. The molecule has 0 aliphatic heterocycles. The Kier molecular flexibility index (Phi) is 7.74.